The quantitative estimate of drug-likeness (QED) is 0.864. The third kappa shape index (κ3) is 2.98. The minimum atomic E-state index is -3.18. The van der Waals surface area contributed by atoms with Gasteiger partial charge < -0.3 is 15.4 Å². The van der Waals surface area contributed by atoms with E-state index in [4.69, 9.17) is 0 Å². The molecular weight excluding hydrogens is 258 g/mol. The van der Waals surface area contributed by atoms with Crippen molar-refractivity contribution in [2.24, 2.45) is 0 Å². The van der Waals surface area contributed by atoms with Crippen LogP contribution >= 0.6 is 0 Å². The zero-order valence-electron chi connectivity index (χ0n) is 10.1. The minimum Gasteiger partial charge on any atom is -0.443 e. The number of anilines is 1. The topological polar surface area (TPSA) is 67.4 Å². The number of carbonyl (C=O) groups excluding carboxylic acids is 2. The highest BCUT2D eigenvalue weighted by atomic mass is 19.3. The number of hydrogen-bond donors (Lipinski definition) is 2. The first-order valence-electron chi connectivity index (χ1n) is 5.57. The Kier molecular flexibility index (Phi) is 3.37. The highest BCUT2D eigenvalue weighted by Gasteiger charge is 2.46. The van der Waals surface area contributed by atoms with E-state index in [9.17, 15) is 18.4 Å². The van der Waals surface area contributed by atoms with Crippen molar-refractivity contribution >= 4 is 17.7 Å². The SMILES string of the molecule is CC(=O)Nc1ccc([C@H]2NC(=O)OCC2(F)F)cc1. The fourth-order valence-corrected chi connectivity index (χ4v) is 1.80. The molecule has 1 aliphatic rings. The van der Waals surface area contributed by atoms with E-state index in [1.807, 2.05) is 0 Å². The molecule has 2 N–H and O–H groups in total. The van der Waals surface area contributed by atoms with Gasteiger partial charge in [-0.2, -0.15) is 0 Å². The molecule has 0 saturated carbocycles. The molecule has 1 saturated heterocycles. The van der Waals surface area contributed by atoms with E-state index in [0.29, 0.717) is 5.69 Å². The van der Waals surface area contributed by atoms with E-state index in [-0.39, 0.29) is 11.5 Å². The van der Waals surface area contributed by atoms with Crippen LogP contribution in [0.3, 0.4) is 0 Å². The number of alkyl carbamates (subject to hydrolysis) is 1. The van der Waals surface area contributed by atoms with Gasteiger partial charge in [-0.15, -0.1) is 0 Å². The standard InChI is InChI=1S/C12H12F2N2O3/c1-7(17)15-9-4-2-8(3-5-9)10-12(13,14)6-19-11(18)16-10/h2-5,10H,6H2,1H3,(H,15,17)(H,16,18)/t10-/m1/s1. The molecule has 5 nitrogen and oxygen atoms in total. The van der Waals surface area contributed by atoms with Gasteiger partial charge in [0.05, 0.1) is 0 Å². The summed E-state index contributed by atoms with van der Waals surface area (Å²) in [5.74, 6) is -3.43. The van der Waals surface area contributed by atoms with E-state index in [0.717, 1.165) is 0 Å². The normalized spacial score (nSPS) is 21.2. The second kappa shape index (κ2) is 4.83. The van der Waals surface area contributed by atoms with Crippen LogP contribution in [0.5, 0.6) is 0 Å². The average Bonchev–Trinajstić information content (AvgIpc) is 2.33. The molecule has 0 spiro atoms. The highest BCUT2D eigenvalue weighted by molar-refractivity contribution is 5.88. The summed E-state index contributed by atoms with van der Waals surface area (Å²) in [6, 6.07) is 4.41. The number of carbonyl (C=O) groups is 2. The summed E-state index contributed by atoms with van der Waals surface area (Å²) >= 11 is 0. The third-order valence-electron chi connectivity index (χ3n) is 2.64. The molecule has 0 radical (unpaired) electrons. The first-order valence-corrected chi connectivity index (χ1v) is 5.57. The van der Waals surface area contributed by atoms with Gasteiger partial charge in [0.1, 0.15) is 6.04 Å². The van der Waals surface area contributed by atoms with Gasteiger partial charge in [0.25, 0.3) is 0 Å². The number of benzene rings is 1. The summed E-state index contributed by atoms with van der Waals surface area (Å²) in [5, 5.41) is 4.61. The van der Waals surface area contributed by atoms with Crippen LogP contribution in [0.25, 0.3) is 0 Å². The smallest absolute Gasteiger partial charge is 0.408 e. The van der Waals surface area contributed by atoms with Crippen LogP contribution in [0.4, 0.5) is 19.3 Å². The molecular formula is C12H12F2N2O3. The van der Waals surface area contributed by atoms with Crippen molar-refractivity contribution in [1.29, 1.82) is 0 Å². The zero-order chi connectivity index (χ0) is 14.0. The Morgan fingerprint density at radius 3 is 2.63 bits per heavy atom. The predicted molar refractivity (Wildman–Crippen MR) is 62.9 cm³/mol. The third-order valence-corrected chi connectivity index (χ3v) is 2.64. The van der Waals surface area contributed by atoms with Gasteiger partial charge in [-0.1, -0.05) is 12.1 Å². The van der Waals surface area contributed by atoms with Crippen molar-refractivity contribution in [1.82, 2.24) is 5.32 Å². The fraction of sp³-hybridized carbons (Fsp3) is 0.333. The number of rotatable bonds is 2. The molecule has 2 rings (SSSR count). The Bertz CT molecular complexity index is 502. The first-order chi connectivity index (χ1) is 8.88. The van der Waals surface area contributed by atoms with Gasteiger partial charge in [-0.3, -0.25) is 4.79 Å². The largest absolute Gasteiger partial charge is 0.443 e. The van der Waals surface area contributed by atoms with Crippen molar-refractivity contribution in [3.63, 3.8) is 0 Å². The summed E-state index contributed by atoms with van der Waals surface area (Å²) in [4.78, 5) is 21.9. The van der Waals surface area contributed by atoms with E-state index >= 15 is 0 Å². The zero-order valence-corrected chi connectivity index (χ0v) is 10.1. The number of amides is 2. The maximum absolute atomic E-state index is 13.6. The summed E-state index contributed by atoms with van der Waals surface area (Å²) in [6.07, 6.45) is -0.873. The van der Waals surface area contributed by atoms with Crippen LogP contribution in [0, 0.1) is 0 Å². The molecule has 1 fully saturated rings. The molecule has 0 unspecified atom stereocenters. The first kappa shape index (κ1) is 13.3. The lowest BCUT2D eigenvalue weighted by Crippen LogP contribution is -2.49. The van der Waals surface area contributed by atoms with Crippen molar-refractivity contribution in [3.05, 3.63) is 29.8 Å². The summed E-state index contributed by atoms with van der Waals surface area (Å²) in [6.45, 7) is 0.401. The van der Waals surface area contributed by atoms with Crippen LogP contribution in [0.15, 0.2) is 24.3 Å². The van der Waals surface area contributed by atoms with Gasteiger partial charge in [0.2, 0.25) is 5.91 Å². The van der Waals surface area contributed by atoms with E-state index in [1.165, 1.54) is 31.2 Å². The lowest BCUT2D eigenvalue weighted by Gasteiger charge is -2.31. The van der Waals surface area contributed by atoms with E-state index in [2.05, 4.69) is 15.4 Å². The van der Waals surface area contributed by atoms with Crippen molar-refractivity contribution in [2.75, 3.05) is 11.9 Å². The molecule has 0 bridgehead atoms. The number of cyclic esters (lactones) is 1. The second-order valence-corrected chi connectivity index (χ2v) is 4.22. The lowest BCUT2D eigenvalue weighted by molar-refractivity contribution is -0.114. The summed E-state index contributed by atoms with van der Waals surface area (Å²) in [7, 11) is 0. The van der Waals surface area contributed by atoms with Crippen LogP contribution in [0.2, 0.25) is 0 Å². The molecule has 7 heteroatoms. The molecule has 1 aromatic rings. The van der Waals surface area contributed by atoms with Crippen LogP contribution in [0.1, 0.15) is 18.5 Å². The number of hydrogen-bond acceptors (Lipinski definition) is 3. The Hall–Kier alpha value is -2.18. The molecule has 0 aromatic heterocycles. The molecule has 1 aliphatic heterocycles. The molecule has 1 aromatic carbocycles. The van der Waals surface area contributed by atoms with Crippen LogP contribution in [-0.4, -0.2) is 24.5 Å². The van der Waals surface area contributed by atoms with Gasteiger partial charge in [-0.25, -0.2) is 13.6 Å². The number of ether oxygens (including phenoxy) is 1. The number of halogens is 2. The molecule has 1 atom stereocenters. The average molecular weight is 270 g/mol. The van der Waals surface area contributed by atoms with E-state index in [1.54, 1.807) is 0 Å². The number of alkyl halides is 2. The molecule has 2 amide bonds. The maximum Gasteiger partial charge on any atom is 0.408 e. The summed E-state index contributed by atoms with van der Waals surface area (Å²) < 4.78 is 31.5. The molecule has 19 heavy (non-hydrogen) atoms. The van der Waals surface area contributed by atoms with Gasteiger partial charge in [0.15, 0.2) is 6.61 Å². The summed E-state index contributed by atoms with van der Waals surface area (Å²) in [5.41, 5.74) is 0.744. The highest BCUT2D eigenvalue weighted by Crippen LogP contribution is 2.34. The van der Waals surface area contributed by atoms with Gasteiger partial charge >= 0.3 is 12.0 Å². The lowest BCUT2D eigenvalue weighted by atomic mass is 10.00. The minimum absolute atomic E-state index is 0.246. The Balaban J connectivity index is 2.20. The Morgan fingerprint density at radius 1 is 1.42 bits per heavy atom. The molecule has 102 valence electrons. The molecule has 1 heterocycles. The van der Waals surface area contributed by atoms with Crippen molar-refractivity contribution in [3.8, 4) is 0 Å². The van der Waals surface area contributed by atoms with Crippen molar-refractivity contribution in [2.45, 2.75) is 18.9 Å². The van der Waals surface area contributed by atoms with Crippen LogP contribution in [-0.2, 0) is 9.53 Å². The van der Waals surface area contributed by atoms with Crippen molar-refractivity contribution < 1.29 is 23.1 Å². The van der Waals surface area contributed by atoms with Gasteiger partial charge in [-0.05, 0) is 17.7 Å². The Morgan fingerprint density at radius 2 is 2.05 bits per heavy atom. The van der Waals surface area contributed by atoms with E-state index < -0.39 is 24.7 Å². The fourth-order valence-electron chi connectivity index (χ4n) is 1.80. The maximum atomic E-state index is 13.6. The Labute approximate surface area is 107 Å². The van der Waals surface area contributed by atoms with Gasteiger partial charge in [0, 0.05) is 12.6 Å². The van der Waals surface area contributed by atoms with Crippen LogP contribution < -0.4 is 10.6 Å². The number of nitrogens with one attached hydrogen (secondary N) is 2. The second-order valence-electron chi connectivity index (χ2n) is 4.22. The predicted octanol–water partition coefficient (Wildman–Crippen LogP) is 2.06. The molecule has 0 aliphatic carbocycles. The monoisotopic (exact) mass is 270 g/mol.